The summed E-state index contributed by atoms with van der Waals surface area (Å²) in [5, 5.41) is 0.431. The minimum Gasteiger partial charge on any atom is -0.383 e. The summed E-state index contributed by atoms with van der Waals surface area (Å²) >= 11 is 0. The van der Waals surface area contributed by atoms with Crippen LogP contribution in [0.5, 0.6) is 0 Å². The van der Waals surface area contributed by atoms with Crippen molar-refractivity contribution < 1.29 is 13.2 Å². The van der Waals surface area contributed by atoms with Crippen LogP contribution in [-0.4, -0.2) is 4.98 Å². The maximum atomic E-state index is 12.7. The average molecular weight is 226 g/mol. The Labute approximate surface area is 89.9 Å². The highest BCUT2D eigenvalue weighted by atomic mass is 19.4. The lowest BCUT2D eigenvalue weighted by Gasteiger charge is -2.11. The normalized spacial score (nSPS) is 12.0. The van der Waals surface area contributed by atoms with Crippen molar-refractivity contribution >= 4 is 16.6 Å². The number of aryl methyl sites for hydroxylation is 1. The molecule has 0 atom stereocenters. The van der Waals surface area contributed by atoms with Gasteiger partial charge in [0.05, 0.1) is 5.56 Å². The Bertz CT molecular complexity index is 547. The predicted molar refractivity (Wildman–Crippen MR) is 55.9 cm³/mol. The van der Waals surface area contributed by atoms with E-state index < -0.39 is 11.7 Å². The molecule has 0 radical (unpaired) electrons. The van der Waals surface area contributed by atoms with Crippen molar-refractivity contribution in [1.82, 2.24) is 4.98 Å². The number of rotatable bonds is 0. The van der Waals surface area contributed by atoms with E-state index in [1.165, 1.54) is 6.07 Å². The highest BCUT2D eigenvalue weighted by Gasteiger charge is 2.33. The zero-order chi connectivity index (χ0) is 11.9. The molecular weight excluding hydrogens is 217 g/mol. The molecule has 84 valence electrons. The molecule has 0 saturated carbocycles. The van der Waals surface area contributed by atoms with Crippen LogP contribution in [0.3, 0.4) is 0 Å². The molecule has 2 nitrogen and oxygen atoms in total. The van der Waals surface area contributed by atoms with Gasteiger partial charge in [-0.25, -0.2) is 4.98 Å². The van der Waals surface area contributed by atoms with Gasteiger partial charge in [-0.15, -0.1) is 0 Å². The number of benzene rings is 1. The van der Waals surface area contributed by atoms with E-state index in [0.29, 0.717) is 5.39 Å². The zero-order valence-corrected chi connectivity index (χ0v) is 8.47. The second kappa shape index (κ2) is 3.37. The van der Waals surface area contributed by atoms with E-state index in [9.17, 15) is 13.2 Å². The summed E-state index contributed by atoms with van der Waals surface area (Å²) in [6.45, 7) is 1.73. The van der Waals surface area contributed by atoms with E-state index >= 15 is 0 Å². The number of hydrogen-bond donors (Lipinski definition) is 1. The number of fused-ring (bicyclic) bond motifs is 1. The lowest BCUT2D eigenvalue weighted by molar-refractivity contribution is -0.136. The van der Waals surface area contributed by atoms with Gasteiger partial charge in [0.1, 0.15) is 5.82 Å². The Morgan fingerprint density at radius 2 is 1.88 bits per heavy atom. The molecule has 2 aromatic rings. The van der Waals surface area contributed by atoms with Crippen LogP contribution in [0.2, 0.25) is 0 Å². The summed E-state index contributed by atoms with van der Waals surface area (Å²) < 4.78 is 38.1. The standard InChI is InChI=1S/C11H9F3N2/c1-6-2-3-7-8(4-6)9(11(12,13)14)5-16-10(7)15/h2-5H,1H3,(H2,15,16). The molecule has 2 N–H and O–H groups in total. The minimum atomic E-state index is -4.41. The van der Waals surface area contributed by atoms with Gasteiger partial charge < -0.3 is 5.73 Å². The molecule has 16 heavy (non-hydrogen) atoms. The quantitative estimate of drug-likeness (QED) is 0.749. The van der Waals surface area contributed by atoms with Crippen LogP contribution >= 0.6 is 0 Å². The molecule has 2 rings (SSSR count). The van der Waals surface area contributed by atoms with E-state index in [4.69, 9.17) is 5.73 Å². The van der Waals surface area contributed by atoms with Gasteiger partial charge in [-0.1, -0.05) is 23.8 Å². The number of hydrogen-bond acceptors (Lipinski definition) is 2. The Balaban J connectivity index is 2.86. The number of alkyl halides is 3. The molecule has 0 aliphatic rings. The molecule has 0 unspecified atom stereocenters. The predicted octanol–water partition coefficient (Wildman–Crippen LogP) is 3.14. The molecule has 0 saturated heterocycles. The van der Waals surface area contributed by atoms with Gasteiger partial charge in [-0.3, -0.25) is 0 Å². The van der Waals surface area contributed by atoms with Gasteiger partial charge in [0, 0.05) is 11.6 Å². The number of nitrogens with zero attached hydrogens (tertiary/aromatic N) is 1. The highest BCUT2D eigenvalue weighted by Crippen LogP contribution is 2.35. The van der Waals surface area contributed by atoms with E-state index in [2.05, 4.69) is 4.98 Å². The van der Waals surface area contributed by atoms with Gasteiger partial charge in [-0.2, -0.15) is 13.2 Å². The van der Waals surface area contributed by atoms with Crippen molar-refractivity contribution in [3.05, 3.63) is 35.5 Å². The second-order valence-electron chi connectivity index (χ2n) is 3.60. The molecular formula is C11H9F3N2. The first-order chi connectivity index (χ1) is 7.39. The van der Waals surface area contributed by atoms with Crippen LogP contribution in [-0.2, 0) is 6.18 Å². The van der Waals surface area contributed by atoms with Crippen LogP contribution in [0.1, 0.15) is 11.1 Å². The number of nitrogen functional groups attached to an aromatic ring is 1. The summed E-state index contributed by atoms with van der Waals surface area (Å²) in [6.07, 6.45) is -3.64. The molecule has 0 bridgehead atoms. The van der Waals surface area contributed by atoms with Crippen LogP contribution in [0, 0.1) is 6.92 Å². The van der Waals surface area contributed by atoms with Crippen molar-refractivity contribution in [2.75, 3.05) is 5.73 Å². The largest absolute Gasteiger partial charge is 0.418 e. The summed E-state index contributed by atoms with van der Waals surface area (Å²) in [7, 11) is 0. The van der Waals surface area contributed by atoms with Gasteiger partial charge in [0.15, 0.2) is 0 Å². The van der Waals surface area contributed by atoms with Crippen LogP contribution in [0.25, 0.3) is 10.8 Å². The summed E-state index contributed by atoms with van der Waals surface area (Å²) in [5.74, 6) is 0.114. The molecule has 0 spiro atoms. The minimum absolute atomic E-state index is 0.0972. The van der Waals surface area contributed by atoms with Crippen LogP contribution in [0.4, 0.5) is 19.0 Å². The number of aromatic nitrogens is 1. The first-order valence-electron chi connectivity index (χ1n) is 4.61. The van der Waals surface area contributed by atoms with Crippen molar-refractivity contribution in [3.63, 3.8) is 0 Å². The molecule has 5 heteroatoms. The molecule has 1 heterocycles. The number of anilines is 1. The number of pyridine rings is 1. The fraction of sp³-hybridized carbons (Fsp3) is 0.182. The maximum Gasteiger partial charge on any atom is 0.418 e. The van der Waals surface area contributed by atoms with Crippen LogP contribution in [0.15, 0.2) is 24.4 Å². The Hall–Kier alpha value is -1.78. The first-order valence-corrected chi connectivity index (χ1v) is 4.61. The maximum absolute atomic E-state index is 12.7. The molecule has 0 aliphatic carbocycles. The monoisotopic (exact) mass is 226 g/mol. The fourth-order valence-electron chi connectivity index (χ4n) is 1.60. The van der Waals surface area contributed by atoms with E-state index in [1.54, 1.807) is 19.1 Å². The van der Waals surface area contributed by atoms with E-state index in [1.807, 2.05) is 0 Å². The Kier molecular flexibility index (Phi) is 2.26. The third-order valence-electron chi connectivity index (χ3n) is 2.38. The average Bonchev–Trinajstić information content (AvgIpc) is 2.15. The molecule has 0 amide bonds. The highest BCUT2D eigenvalue weighted by molar-refractivity contribution is 5.93. The number of nitrogens with two attached hydrogens (primary N) is 1. The van der Waals surface area contributed by atoms with Gasteiger partial charge in [0.2, 0.25) is 0 Å². The summed E-state index contributed by atoms with van der Waals surface area (Å²) in [5.41, 5.74) is 5.54. The number of halogens is 3. The summed E-state index contributed by atoms with van der Waals surface area (Å²) in [6, 6.07) is 4.74. The summed E-state index contributed by atoms with van der Waals surface area (Å²) in [4.78, 5) is 3.56. The molecule has 0 aliphatic heterocycles. The topological polar surface area (TPSA) is 38.9 Å². The first kappa shape index (κ1) is 10.7. The SMILES string of the molecule is Cc1ccc2c(N)ncc(C(F)(F)F)c2c1. The second-order valence-corrected chi connectivity index (χ2v) is 3.60. The van der Waals surface area contributed by atoms with Crippen molar-refractivity contribution in [3.8, 4) is 0 Å². The zero-order valence-electron chi connectivity index (χ0n) is 8.47. The smallest absolute Gasteiger partial charge is 0.383 e. The fourth-order valence-corrected chi connectivity index (χ4v) is 1.60. The molecule has 1 aromatic carbocycles. The van der Waals surface area contributed by atoms with Crippen molar-refractivity contribution in [2.45, 2.75) is 13.1 Å². The molecule has 1 aromatic heterocycles. The van der Waals surface area contributed by atoms with E-state index in [0.717, 1.165) is 11.8 Å². The van der Waals surface area contributed by atoms with E-state index in [-0.39, 0.29) is 11.2 Å². The lowest BCUT2D eigenvalue weighted by atomic mass is 10.0. The third kappa shape index (κ3) is 1.68. The molecule has 0 fully saturated rings. The third-order valence-corrected chi connectivity index (χ3v) is 2.38. The van der Waals surface area contributed by atoms with Crippen molar-refractivity contribution in [1.29, 1.82) is 0 Å². The van der Waals surface area contributed by atoms with Gasteiger partial charge in [0.25, 0.3) is 0 Å². The lowest BCUT2D eigenvalue weighted by Crippen LogP contribution is -2.07. The van der Waals surface area contributed by atoms with Gasteiger partial charge >= 0.3 is 6.18 Å². The van der Waals surface area contributed by atoms with Gasteiger partial charge in [-0.05, 0) is 12.3 Å². The van der Waals surface area contributed by atoms with Crippen molar-refractivity contribution in [2.24, 2.45) is 0 Å². The van der Waals surface area contributed by atoms with Crippen LogP contribution < -0.4 is 5.73 Å². The Morgan fingerprint density at radius 1 is 1.19 bits per heavy atom. The Morgan fingerprint density at radius 3 is 2.50 bits per heavy atom.